The topological polar surface area (TPSA) is 37.3 Å². The highest BCUT2D eigenvalue weighted by atomic mass is 127. The molecule has 0 bridgehead atoms. The second-order valence-corrected chi connectivity index (χ2v) is 3.86. The number of carboxylic acid groups (broad SMARTS) is 1. The zero-order valence-electron chi connectivity index (χ0n) is 6.85. The molecule has 0 spiro atoms. The average molecular weight is 270 g/mol. The quantitative estimate of drug-likeness (QED) is 0.457. The van der Waals surface area contributed by atoms with Gasteiger partial charge in [-0.3, -0.25) is 4.79 Å². The molecule has 0 rings (SSSR count). The maximum atomic E-state index is 10.4. The SMILES string of the molecule is CC(CCCCCI)C(=O)O. The lowest BCUT2D eigenvalue weighted by molar-refractivity contribution is -0.141. The van der Waals surface area contributed by atoms with Crippen LogP contribution in [0.5, 0.6) is 0 Å². The highest BCUT2D eigenvalue weighted by Crippen LogP contribution is 2.09. The van der Waals surface area contributed by atoms with Crippen LogP contribution >= 0.6 is 22.6 Å². The van der Waals surface area contributed by atoms with Crippen LogP contribution in [0.15, 0.2) is 0 Å². The molecule has 0 amide bonds. The number of carboxylic acids is 1. The molecule has 1 N–H and O–H groups in total. The minimum absolute atomic E-state index is 0.163. The van der Waals surface area contributed by atoms with Crippen molar-refractivity contribution in [1.82, 2.24) is 0 Å². The summed E-state index contributed by atoms with van der Waals surface area (Å²) in [7, 11) is 0. The molecule has 0 saturated heterocycles. The van der Waals surface area contributed by atoms with Crippen molar-refractivity contribution in [3.8, 4) is 0 Å². The lowest BCUT2D eigenvalue weighted by Gasteiger charge is -2.03. The van der Waals surface area contributed by atoms with E-state index in [9.17, 15) is 4.79 Å². The van der Waals surface area contributed by atoms with Crippen molar-refractivity contribution >= 4 is 28.6 Å². The third-order valence-corrected chi connectivity index (χ3v) is 2.46. The summed E-state index contributed by atoms with van der Waals surface area (Å²) in [6, 6.07) is 0. The maximum absolute atomic E-state index is 10.4. The van der Waals surface area contributed by atoms with E-state index in [1.807, 2.05) is 0 Å². The van der Waals surface area contributed by atoms with Gasteiger partial charge in [0.05, 0.1) is 5.92 Å². The molecule has 0 saturated carbocycles. The summed E-state index contributed by atoms with van der Waals surface area (Å²) in [5.74, 6) is -0.830. The van der Waals surface area contributed by atoms with Crippen molar-refractivity contribution in [3.63, 3.8) is 0 Å². The Labute approximate surface area is 81.5 Å². The lowest BCUT2D eigenvalue weighted by atomic mass is 10.0. The van der Waals surface area contributed by atoms with E-state index in [0.717, 1.165) is 12.8 Å². The van der Waals surface area contributed by atoms with Gasteiger partial charge >= 0.3 is 5.97 Å². The normalized spacial score (nSPS) is 12.9. The van der Waals surface area contributed by atoms with E-state index in [1.165, 1.54) is 17.3 Å². The highest BCUT2D eigenvalue weighted by molar-refractivity contribution is 14.1. The average Bonchev–Trinajstić information content (AvgIpc) is 1.97. The van der Waals surface area contributed by atoms with Crippen molar-refractivity contribution in [1.29, 1.82) is 0 Å². The predicted octanol–water partition coefficient (Wildman–Crippen LogP) is 2.70. The molecule has 0 heterocycles. The fourth-order valence-electron chi connectivity index (χ4n) is 0.845. The summed E-state index contributed by atoms with van der Waals surface area (Å²) in [5.41, 5.74) is 0. The molecule has 2 nitrogen and oxygen atoms in total. The Bertz CT molecular complexity index is 115. The van der Waals surface area contributed by atoms with Crippen LogP contribution in [0.1, 0.15) is 32.6 Å². The number of hydrogen-bond donors (Lipinski definition) is 1. The predicted molar refractivity (Wildman–Crippen MR) is 54.2 cm³/mol. The Kier molecular flexibility index (Phi) is 7.01. The number of rotatable bonds is 6. The van der Waals surface area contributed by atoms with Crippen molar-refractivity contribution in [3.05, 3.63) is 0 Å². The number of hydrogen-bond acceptors (Lipinski definition) is 1. The van der Waals surface area contributed by atoms with Gasteiger partial charge < -0.3 is 5.11 Å². The van der Waals surface area contributed by atoms with Crippen molar-refractivity contribution < 1.29 is 9.90 Å². The maximum Gasteiger partial charge on any atom is 0.306 e. The molecule has 0 radical (unpaired) electrons. The fourth-order valence-corrected chi connectivity index (χ4v) is 1.38. The molecule has 1 unspecified atom stereocenters. The molecule has 3 heteroatoms. The van der Waals surface area contributed by atoms with Crippen molar-refractivity contribution in [2.75, 3.05) is 4.43 Å². The number of carbonyl (C=O) groups is 1. The Balaban J connectivity index is 3.17. The summed E-state index contributed by atoms with van der Waals surface area (Å²) in [6.45, 7) is 1.77. The second kappa shape index (κ2) is 6.88. The van der Waals surface area contributed by atoms with Gasteiger partial charge in [0.25, 0.3) is 0 Å². The minimum atomic E-state index is -0.667. The number of aliphatic carboxylic acids is 1. The van der Waals surface area contributed by atoms with Crippen LogP contribution < -0.4 is 0 Å². The third-order valence-electron chi connectivity index (χ3n) is 1.69. The van der Waals surface area contributed by atoms with Gasteiger partial charge in [-0.1, -0.05) is 42.4 Å². The van der Waals surface area contributed by atoms with Gasteiger partial charge in [-0.2, -0.15) is 0 Å². The Hall–Kier alpha value is 0.200. The Morgan fingerprint density at radius 1 is 1.45 bits per heavy atom. The summed E-state index contributed by atoms with van der Waals surface area (Å²) in [4.78, 5) is 10.4. The molecular weight excluding hydrogens is 255 g/mol. The molecule has 0 aromatic heterocycles. The van der Waals surface area contributed by atoms with Crippen LogP contribution in [-0.4, -0.2) is 15.5 Å². The fraction of sp³-hybridized carbons (Fsp3) is 0.875. The molecule has 0 aliphatic rings. The van der Waals surface area contributed by atoms with Gasteiger partial charge in [0.2, 0.25) is 0 Å². The molecule has 0 aromatic carbocycles. The standard InChI is InChI=1S/C8H15IO2/c1-7(8(10)11)5-3-2-4-6-9/h7H,2-6H2,1H3,(H,10,11). The van der Waals surface area contributed by atoms with E-state index >= 15 is 0 Å². The lowest BCUT2D eigenvalue weighted by Crippen LogP contribution is -2.08. The number of halogens is 1. The van der Waals surface area contributed by atoms with Gasteiger partial charge in [-0.25, -0.2) is 0 Å². The van der Waals surface area contributed by atoms with E-state index in [4.69, 9.17) is 5.11 Å². The van der Waals surface area contributed by atoms with E-state index in [2.05, 4.69) is 22.6 Å². The minimum Gasteiger partial charge on any atom is -0.481 e. The zero-order chi connectivity index (χ0) is 8.69. The summed E-state index contributed by atoms with van der Waals surface area (Å²) in [5, 5.41) is 8.54. The molecule has 1 atom stereocenters. The zero-order valence-corrected chi connectivity index (χ0v) is 9.00. The molecule has 66 valence electrons. The molecule has 0 aromatic rings. The second-order valence-electron chi connectivity index (χ2n) is 2.78. The number of alkyl halides is 1. The van der Waals surface area contributed by atoms with E-state index in [1.54, 1.807) is 6.92 Å². The van der Waals surface area contributed by atoms with Crippen molar-refractivity contribution in [2.45, 2.75) is 32.6 Å². The molecule has 0 aliphatic heterocycles. The van der Waals surface area contributed by atoms with Gasteiger partial charge in [-0.05, 0) is 17.3 Å². The summed E-state index contributed by atoms with van der Waals surface area (Å²) < 4.78 is 1.18. The van der Waals surface area contributed by atoms with Crippen LogP contribution in [0.4, 0.5) is 0 Å². The first kappa shape index (κ1) is 11.2. The molecule has 0 aliphatic carbocycles. The van der Waals surface area contributed by atoms with Crippen LogP contribution in [0.25, 0.3) is 0 Å². The van der Waals surface area contributed by atoms with Gasteiger partial charge in [0.1, 0.15) is 0 Å². The molecular formula is C8H15IO2. The molecule has 11 heavy (non-hydrogen) atoms. The van der Waals surface area contributed by atoms with Crippen LogP contribution in [0.3, 0.4) is 0 Å². The van der Waals surface area contributed by atoms with Gasteiger partial charge in [-0.15, -0.1) is 0 Å². The molecule has 0 fully saturated rings. The van der Waals surface area contributed by atoms with Gasteiger partial charge in [0, 0.05) is 0 Å². The van der Waals surface area contributed by atoms with Gasteiger partial charge in [0.15, 0.2) is 0 Å². The largest absolute Gasteiger partial charge is 0.481 e. The third kappa shape index (κ3) is 6.59. The Morgan fingerprint density at radius 3 is 2.55 bits per heavy atom. The smallest absolute Gasteiger partial charge is 0.306 e. The first-order valence-corrected chi connectivity index (χ1v) is 5.49. The highest BCUT2D eigenvalue weighted by Gasteiger charge is 2.08. The Morgan fingerprint density at radius 2 is 2.09 bits per heavy atom. The number of unbranched alkanes of at least 4 members (excludes halogenated alkanes) is 2. The van der Waals surface area contributed by atoms with E-state index in [0.29, 0.717) is 0 Å². The summed E-state index contributed by atoms with van der Waals surface area (Å²) in [6.07, 6.45) is 4.26. The first-order chi connectivity index (χ1) is 5.18. The monoisotopic (exact) mass is 270 g/mol. The van der Waals surface area contributed by atoms with Crippen molar-refractivity contribution in [2.24, 2.45) is 5.92 Å². The van der Waals surface area contributed by atoms with Crippen LogP contribution in [0.2, 0.25) is 0 Å². The van der Waals surface area contributed by atoms with E-state index in [-0.39, 0.29) is 5.92 Å². The van der Waals surface area contributed by atoms with Crippen LogP contribution in [0, 0.1) is 5.92 Å². The summed E-state index contributed by atoms with van der Waals surface area (Å²) >= 11 is 2.34. The van der Waals surface area contributed by atoms with E-state index < -0.39 is 5.97 Å². The first-order valence-electron chi connectivity index (χ1n) is 3.97. The van der Waals surface area contributed by atoms with Crippen LogP contribution in [-0.2, 0) is 4.79 Å².